The highest BCUT2D eigenvalue weighted by Gasteiger charge is 2.31. The molecule has 0 unspecified atom stereocenters. The SMILES string of the molecule is CCOC(=O)c1c(C)oc(NC(=O)c2cccc(C)c2)c1C(=O)OCC. The molecule has 1 heterocycles. The van der Waals surface area contributed by atoms with E-state index in [1.54, 1.807) is 32.0 Å². The first-order valence-corrected chi connectivity index (χ1v) is 8.24. The second kappa shape index (κ2) is 8.33. The van der Waals surface area contributed by atoms with Crippen LogP contribution in [0, 0.1) is 13.8 Å². The number of anilines is 1. The van der Waals surface area contributed by atoms with E-state index in [1.165, 1.54) is 6.92 Å². The van der Waals surface area contributed by atoms with Gasteiger partial charge < -0.3 is 13.9 Å². The Morgan fingerprint density at radius 1 is 1.00 bits per heavy atom. The molecule has 0 radical (unpaired) electrons. The van der Waals surface area contributed by atoms with Crippen LogP contribution in [0.4, 0.5) is 5.88 Å². The largest absolute Gasteiger partial charge is 0.462 e. The van der Waals surface area contributed by atoms with E-state index in [2.05, 4.69) is 5.32 Å². The second-order valence-corrected chi connectivity index (χ2v) is 5.50. The molecule has 1 aromatic heterocycles. The molecule has 0 saturated heterocycles. The Bertz CT molecular complexity index is 837. The average molecular weight is 359 g/mol. The third kappa shape index (κ3) is 4.11. The molecule has 0 spiro atoms. The molecule has 26 heavy (non-hydrogen) atoms. The fourth-order valence-electron chi connectivity index (χ4n) is 2.44. The van der Waals surface area contributed by atoms with Crippen molar-refractivity contribution in [2.45, 2.75) is 27.7 Å². The molecule has 0 aliphatic rings. The van der Waals surface area contributed by atoms with Crippen molar-refractivity contribution in [2.24, 2.45) is 0 Å². The summed E-state index contributed by atoms with van der Waals surface area (Å²) in [7, 11) is 0. The molecule has 0 saturated carbocycles. The van der Waals surface area contributed by atoms with Gasteiger partial charge in [0.15, 0.2) is 0 Å². The standard InChI is InChI=1S/C19H21NO6/c1-5-24-18(22)14-12(4)26-17(15(14)19(23)25-6-2)20-16(21)13-9-7-8-11(3)10-13/h7-10H,5-6H2,1-4H3,(H,20,21). The number of benzene rings is 1. The molecule has 1 N–H and O–H groups in total. The average Bonchev–Trinajstić information content (AvgIpc) is 2.91. The third-order valence-electron chi connectivity index (χ3n) is 3.55. The Hall–Kier alpha value is -3.09. The zero-order chi connectivity index (χ0) is 19.3. The Labute approximate surface area is 151 Å². The van der Waals surface area contributed by atoms with Crippen molar-refractivity contribution in [3.63, 3.8) is 0 Å². The number of rotatable bonds is 6. The van der Waals surface area contributed by atoms with E-state index in [4.69, 9.17) is 13.9 Å². The minimum Gasteiger partial charge on any atom is -0.462 e. The fraction of sp³-hybridized carbons (Fsp3) is 0.316. The molecule has 0 aliphatic heterocycles. The van der Waals surface area contributed by atoms with Crippen LogP contribution in [0.1, 0.15) is 56.2 Å². The predicted octanol–water partition coefficient (Wildman–Crippen LogP) is 3.50. The van der Waals surface area contributed by atoms with Gasteiger partial charge >= 0.3 is 11.9 Å². The zero-order valence-corrected chi connectivity index (χ0v) is 15.2. The molecule has 1 amide bonds. The topological polar surface area (TPSA) is 94.8 Å². The molecule has 0 fully saturated rings. The van der Waals surface area contributed by atoms with Gasteiger partial charge in [0.05, 0.1) is 13.2 Å². The second-order valence-electron chi connectivity index (χ2n) is 5.50. The molecule has 0 bridgehead atoms. The van der Waals surface area contributed by atoms with E-state index >= 15 is 0 Å². The highest BCUT2D eigenvalue weighted by atomic mass is 16.5. The van der Waals surface area contributed by atoms with Crippen LogP contribution in [0.25, 0.3) is 0 Å². The summed E-state index contributed by atoms with van der Waals surface area (Å²) in [4.78, 5) is 37.0. The van der Waals surface area contributed by atoms with Crippen molar-refractivity contribution < 1.29 is 28.3 Å². The van der Waals surface area contributed by atoms with Gasteiger partial charge in [-0.1, -0.05) is 17.7 Å². The summed E-state index contributed by atoms with van der Waals surface area (Å²) < 4.78 is 15.4. The van der Waals surface area contributed by atoms with Gasteiger partial charge in [0.2, 0.25) is 5.88 Å². The number of amides is 1. The monoisotopic (exact) mass is 359 g/mol. The number of furan rings is 1. The summed E-state index contributed by atoms with van der Waals surface area (Å²) in [6, 6.07) is 6.93. The first-order chi connectivity index (χ1) is 12.4. The summed E-state index contributed by atoms with van der Waals surface area (Å²) in [5.74, 6) is -1.94. The van der Waals surface area contributed by atoms with Crippen LogP contribution >= 0.6 is 0 Å². The minimum absolute atomic E-state index is 0.0511. The summed E-state index contributed by atoms with van der Waals surface area (Å²) in [6.45, 7) is 6.90. The van der Waals surface area contributed by atoms with Crippen molar-refractivity contribution in [3.05, 3.63) is 52.3 Å². The lowest BCUT2D eigenvalue weighted by molar-refractivity contribution is 0.0480. The van der Waals surface area contributed by atoms with E-state index in [1.807, 2.05) is 13.0 Å². The smallest absolute Gasteiger partial charge is 0.344 e. The first kappa shape index (κ1) is 19.2. The normalized spacial score (nSPS) is 10.3. The number of aryl methyl sites for hydroxylation is 2. The van der Waals surface area contributed by atoms with Crippen molar-refractivity contribution in [3.8, 4) is 0 Å². The fourth-order valence-corrected chi connectivity index (χ4v) is 2.44. The molecule has 0 aliphatic carbocycles. The molecule has 7 heteroatoms. The van der Waals surface area contributed by atoms with Crippen LogP contribution in [0.3, 0.4) is 0 Å². The highest BCUT2D eigenvalue weighted by molar-refractivity contribution is 6.11. The van der Waals surface area contributed by atoms with Crippen LogP contribution in [0.5, 0.6) is 0 Å². The molecule has 0 atom stereocenters. The lowest BCUT2D eigenvalue weighted by atomic mass is 10.1. The van der Waals surface area contributed by atoms with Crippen molar-refractivity contribution >= 4 is 23.7 Å². The van der Waals surface area contributed by atoms with Crippen LogP contribution < -0.4 is 5.32 Å². The molecule has 138 valence electrons. The van der Waals surface area contributed by atoms with E-state index in [0.29, 0.717) is 5.56 Å². The van der Waals surface area contributed by atoms with Gasteiger partial charge in [-0.2, -0.15) is 0 Å². The lowest BCUT2D eigenvalue weighted by Crippen LogP contribution is -2.17. The van der Waals surface area contributed by atoms with E-state index in [9.17, 15) is 14.4 Å². The van der Waals surface area contributed by atoms with Crippen LogP contribution in [-0.4, -0.2) is 31.1 Å². The van der Waals surface area contributed by atoms with E-state index in [-0.39, 0.29) is 36.0 Å². The number of hydrogen-bond acceptors (Lipinski definition) is 6. The lowest BCUT2D eigenvalue weighted by Gasteiger charge is -2.07. The van der Waals surface area contributed by atoms with Crippen molar-refractivity contribution in [1.82, 2.24) is 0 Å². The van der Waals surface area contributed by atoms with Crippen LogP contribution in [0.15, 0.2) is 28.7 Å². The third-order valence-corrected chi connectivity index (χ3v) is 3.55. The minimum atomic E-state index is -0.771. The Balaban J connectivity index is 2.44. The molecule has 2 rings (SSSR count). The summed E-state index contributed by atoms with van der Waals surface area (Å²) in [6.07, 6.45) is 0. The summed E-state index contributed by atoms with van der Waals surface area (Å²) in [5, 5.41) is 2.54. The Morgan fingerprint density at radius 3 is 2.19 bits per heavy atom. The van der Waals surface area contributed by atoms with Gasteiger partial charge in [0.1, 0.15) is 16.9 Å². The Kier molecular flexibility index (Phi) is 6.16. The van der Waals surface area contributed by atoms with Gasteiger partial charge in [-0.25, -0.2) is 9.59 Å². The number of ether oxygens (including phenoxy) is 2. The zero-order valence-electron chi connectivity index (χ0n) is 15.2. The maximum atomic E-state index is 12.5. The molecule has 2 aromatic rings. The summed E-state index contributed by atoms with van der Waals surface area (Å²) in [5.41, 5.74) is 1.10. The van der Waals surface area contributed by atoms with Crippen LogP contribution in [0.2, 0.25) is 0 Å². The number of nitrogens with one attached hydrogen (secondary N) is 1. The van der Waals surface area contributed by atoms with Crippen LogP contribution in [-0.2, 0) is 9.47 Å². The van der Waals surface area contributed by atoms with E-state index < -0.39 is 17.8 Å². The van der Waals surface area contributed by atoms with Gasteiger partial charge in [-0.3, -0.25) is 10.1 Å². The Morgan fingerprint density at radius 2 is 1.62 bits per heavy atom. The summed E-state index contributed by atoms with van der Waals surface area (Å²) >= 11 is 0. The molecule has 1 aromatic carbocycles. The molecular weight excluding hydrogens is 338 g/mol. The number of carbonyl (C=O) groups is 3. The van der Waals surface area contributed by atoms with Gasteiger partial charge in [-0.15, -0.1) is 0 Å². The first-order valence-electron chi connectivity index (χ1n) is 8.24. The van der Waals surface area contributed by atoms with Crippen molar-refractivity contribution in [1.29, 1.82) is 0 Å². The van der Waals surface area contributed by atoms with Gasteiger partial charge in [0.25, 0.3) is 5.91 Å². The van der Waals surface area contributed by atoms with E-state index in [0.717, 1.165) is 5.56 Å². The highest BCUT2D eigenvalue weighted by Crippen LogP contribution is 2.29. The molecule has 7 nitrogen and oxygen atoms in total. The quantitative estimate of drug-likeness (QED) is 0.793. The maximum absolute atomic E-state index is 12.5. The number of esters is 2. The van der Waals surface area contributed by atoms with Crippen molar-refractivity contribution in [2.75, 3.05) is 18.5 Å². The number of carbonyl (C=O) groups excluding carboxylic acids is 3. The van der Waals surface area contributed by atoms with Gasteiger partial charge in [-0.05, 0) is 39.8 Å². The maximum Gasteiger partial charge on any atom is 0.344 e. The number of hydrogen-bond donors (Lipinski definition) is 1. The molecular formula is C19H21NO6. The van der Waals surface area contributed by atoms with Gasteiger partial charge in [0, 0.05) is 5.56 Å². The predicted molar refractivity (Wildman–Crippen MR) is 94.5 cm³/mol.